The minimum Gasteiger partial charge on any atom is -0.245 e. The molecular formula is C8H12BrNS. The van der Waals surface area contributed by atoms with E-state index in [9.17, 15) is 0 Å². The first kappa shape index (κ1) is 9.20. The van der Waals surface area contributed by atoms with Crippen molar-refractivity contribution < 1.29 is 0 Å². The lowest BCUT2D eigenvalue weighted by atomic mass is 10.1. The molecule has 1 aromatic heterocycles. The van der Waals surface area contributed by atoms with Crippen LogP contribution in [-0.2, 0) is 0 Å². The molecule has 0 aromatic carbocycles. The predicted molar refractivity (Wildman–Crippen MR) is 53.4 cm³/mol. The van der Waals surface area contributed by atoms with Gasteiger partial charge < -0.3 is 0 Å². The molecule has 0 radical (unpaired) electrons. The van der Waals surface area contributed by atoms with E-state index in [2.05, 4.69) is 40.1 Å². The zero-order chi connectivity index (χ0) is 8.43. The standard InChI is InChI=1S/C8H12BrNS/c1-5(2)7(9)8-10-6(3)4-11-8/h4-5,7H,1-3H3. The summed E-state index contributed by atoms with van der Waals surface area (Å²) in [4.78, 5) is 4.82. The fourth-order valence-corrected chi connectivity index (χ4v) is 2.15. The normalized spacial score (nSPS) is 13.9. The van der Waals surface area contributed by atoms with Crippen molar-refractivity contribution in [3.63, 3.8) is 0 Å². The third-order valence-electron chi connectivity index (χ3n) is 1.46. The minimum absolute atomic E-state index is 0.418. The first-order valence-corrected chi connectivity index (χ1v) is 5.47. The molecule has 1 aromatic rings. The van der Waals surface area contributed by atoms with Crippen LogP contribution in [0.3, 0.4) is 0 Å². The summed E-state index contributed by atoms with van der Waals surface area (Å²) in [6, 6.07) is 0. The maximum atomic E-state index is 4.40. The summed E-state index contributed by atoms with van der Waals surface area (Å²) in [5, 5.41) is 3.28. The second-order valence-corrected chi connectivity index (χ2v) is 4.85. The van der Waals surface area contributed by atoms with Gasteiger partial charge in [0.25, 0.3) is 0 Å². The number of hydrogen-bond acceptors (Lipinski definition) is 2. The number of alkyl halides is 1. The number of hydrogen-bond donors (Lipinski definition) is 0. The highest BCUT2D eigenvalue weighted by atomic mass is 79.9. The molecule has 1 heterocycles. The summed E-state index contributed by atoms with van der Waals surface area (Å²) in [7, 11) is 0. The van der Waals surface area contributed by atoms with E-state index in [1.807, 2.05) is 6.92 Å². The van der Waals surface area contributed by atoms with Crippen LogP contribution in [0.1, 0.15) is 29.4 Å². The van der Waals surface area contributed by atoms with E-state index in [4.69, 9.17) is 0 Å². The van der Waals surface area contributed by atoms with Crippen LogP contribution in [-0.4, -0.2) is 4.98 Å². The molecule has 0 saturated heterocycles. The Labute approximate surface area is 80.0 Å². The van der Waals surface area contributed by atoms with Crippen LogP contribution in [0, 0.1) is 12.8 Å². The molecule has 3 heteroatoms. The predicted octanol–water partition coefficient (Wildman–Crippen LogP) is 3.54. The zero-order valence-corrected chi connectivity index (χ0v) is 9.37. The lowest BCUT2D eigenvalue weighted by molar-refractivity contribution is 0.637. The lowest BCUT2D eigenvalue weighted by Gasteiger charge is -2.09. The molecule has 1 nitrogen and oxygen atoms in total. The Kier molecular flexibility index (Phi) is 3.07. The smallest absolute Gasteiger partial charge is 0.107 e. The molecule has 0 amide bonds. The van der Waals surface area contributed by atoms with Crippen molar-refractivity contribution in [3.05, 3.63) is 16.1 Å². The number of thiazole rings is 1. The third-order valence-corrected chi connectivity index (χ3v) is 4.30. The molecule has 1 rings (SSSR count). The second-order valence-electron chi connectivity index (χ2n) is 2.97. The van der Waals surface area contributed by atoms with Gasteiger partial charge in [0, 0.05) is 11.1 Å². The number of halogens is 1. The van der Waals surface area contributed by atoms with Gasteiger partial charge in [-0.3, -0.25) is 0 Å². The zero-order valence-electron chi connectivity index (χ0n) is 6.97. The molecule has 11 heavy (non-hydrogen) atoms. The second kappa shape index (κ2) is 3.68. The summed E-state index contributed by atoms with van der Waals surface area (Å²) in [5.74, 6) is 0.612. The molecule has 1 unspecified atom stereocenters. The quantitative estimate of drug-likeness (QED) is 0.713. The van der Waals surface area contributed by atoms with Gasteiger partial charge in [0.1, 0.15) is 5.01 Å². The van der Waals surface area contributed by atoms with Gasteiger partial charge in [-0.25, -0.2) is 4.98 Å². The first-order valence-electron chi connectivity index (χ1n) is 3.67. The highest BCUT2D eigenvalue weighted by molar-refractivity contribution is 9.09. The molecule has 0 aliphatic heterocycles. The molecule has 0 aliphatic rings. The molecule has 0 saturated carbocycles. The molecule has 62 valence electrons. The van der Waals surface area contributed by atoms with E-state index in [-0.39, 0.29) is 0 Å². The largest absolute Gasteiger partial charge is 0.245 e. The van der Waals surface area contributed by atoms with Gasteiger partial charge in [-0.1, -0.05) is 29.8 Å². The average Bonchev–Trinajstić information content (AvgIpc) is 2.34. The average molecular weight is 234 g/mol. The Hall–Kier alpha value is 0.110. The fraction of sp³-hybridized carbons (Fsp3) is 0.625. The van der Waals surface area contributed by atoms with Crippen LogP contribution >= 0.6 is 27.3 Å². The summed E-state index contributed by atoms with van der Waals surface area (Å²) >= 11 is 5.34. The Balaban J connectivity index is 2.76. The van der Waals surface area contributed by atoms with Gasteiger partial charge in [-0.05, 0) is 12.8 Å². The van der Waals surface area contributed by atoms with Crippen molar-refractivity contribution >= 4 is 27.3 Å². The summed E-state index contributed by atoms with van der Waals surface area (Å²) < 4.78 is 0. The van der Waals surface area contributed by atoms with Crippen molar-refractivity contribution in [1.29, 1.82) is 0 Å². The van der Waals surface area contributed by atoms with Gasteiger partial charge >= 0.3 is 0 Å². The van der Waals surface area contributed by atoms with E-state index >= 15 is 0 Å². The molecule has 0 aliphatic carbocycles. The molecule has 1 atom stereocenters. The summed E-state index contributed by atoms with van der Waals surface area (Å²) in [6.45, 7) is 6.41. The van der Waals surface area contributed by atoms with Crippen LogP contribution < -0.4 is 0 Å². The molecule has 0 bridgehead atoms. The van der Waals surface area contributed by atoms with Gasteiger partial charge in [0.15, 0.2) is 0 Å². The molecule has 0 N–H and O–H groups in total. The Morgan fingerprint density at radius 2 is 2.18 bits per heavy atom. The summed E-state index contributed by atoms with van der Waals surface area (Å²) in [5.41, 5.74) is 1.12. The van der Waals surface area contributed by atoms with Crippen LogP contribution in [0.4, 0.5) is 0 Å². The minimum atomic E-state index is 0.418. The van der Waals surface area contributed by atoms with E-state index in [0.29, 0.717) is 10.7 Å². The van der Waals surface area contributed by atoms with E-state index in [0.717, 1.165) is 5.69 Å². The van der Waals surface area contributed by atoms with Crippen LogP contribution in [0.25, 0.3) is 0 Å². The molecule has 0 fully saturated rings. The Morgan fingerprint density at radius 3 is 2.55 bits per heavy atom. The van der Waals surface area contributed by atoms with Gasteiger partial charge in [0.2, 0.25) is 0 Å². The van der Waals surface area contributed by atoms with Gasteiger partial charge in [-0.15, -0.1) is 11.3 Å². The lowest BCUT2D eigenvalue weighted by Crippen LogP contribution is -1.97. The SMILES string of the molecule is Cc1csc(C(Br)C(C)C)n1. The topological polar surface area (TPSA) is 12.9 Å². The van der Waals surface area contributed by atoms with Crippen molar-refractivity contribution in [2.24, 2.45) is 5.92 Å². The highest BCUT2D eigenvalue weighted by Crippen LogP contribution is 2.32. The first-order chi connectivity index (χ1) is 5.11. The van der Waals surface area contributed by atoms with E-state index in [1.54, 1.807) is 11.3 Å². The highest BCUT2D eigenvalue weighted by Gasteiger charge is 2.14. The summed E-state index contributed by atoms with van der Waals surface area (Å²) in [6.07, 6.45) is 0. The van der Waals surface area contributed by atoms with Crippen molar-refractivity contribution in [2.75, 3.05) is 0 Å². The molecule has 0 spiro atoms. The third kappa shape index (κ3) is 2.27. The van der Waals surface area contributed by atoms with Crippen molar-refractivity contribution in [3.8, 4) is 0 Å². The van der Waals surface area contributed by atoms with E-state index in [1.165, 1.54) is 5.01 Å². The number of aromatic nitrogens is 1. The maximum Gasteiger partial charge on any atom is 0.107 e. The van der Waals surface area contributed by atoms with Crippen molar-refractivity contribution in [1.82, 2.24) is 4.98 Å². The molecular weight excluding hydrogens is 222 g/mol. The van der Waals surface area contributed by atoms with E-state index < -0.39 is 0 Å². The monoisotopic (exact) mass is 233 g/mol. The number of aryl methyl sites for hydroxylation is 1. The fourth-order valence-electron chi connectivity index (χ4n) is 0.784. The van der Waals surface area contributed by atoms with Crippen molar-refractivity contribution in [2.45, 2.75) is 25.6 Å². The Bertz CT molecular complexity index is 232. The van der Waals surface area contributed by atoms with Gasteiger partial charge in [0.05, 0.1) is 4.83 Å². The van der Waals surface area contributed by atoms with Crippen LogP contribution in [0.5, 0.6) is 0 Å². The number of rotatable bonds is 2. The van der Waals surface area contributed by atoms with Gasteiger partial charge in [-0.2, -0.15) is 0 Å². The van der Waals surface area contributed by atoms with Crippen LogP contribution in [0.2, 0.25) is 0 Å². The number of nitrogens with zero attached hydrogens (tertiary/aromatic N) is 1. The van der Waals surface area contributed by atoms with Crippen LogP contribution in [0.15, 0.2) is 5.38 Å². The maximum absolute atomic E-state index is 4.40. The Morgan fingerprint density at radius 1 is 1.55 bits per heavy atom.